The van der Waals surface area contributed by atoms with Crippen molar-refractivity contribution in [3.63, 3.8) is 0 Å². The molecule has 1 aliphatic rings. The Morgan fingerprint density at radius 3 is 2.65 bits per heavy atom. The van der Waals surface area contributed by atoms with Crippen LogP contribution in [-0.4, -0.2) is 52.5 Å². The van der Waals surface area contributed by atoms with Crippen molar-refractivity contribution in [2.24, 2.45) is 0 Å². The molecule has 0 saturated carbocycles. The molecular formula is C20H28N4O2. The van der Waals surface area contributed by atoms with Crippen LogP contribution in [0.1, 0.15) is 32.3 Å². The second kappa shape index (κ2) is 8.36. The van der Waals surface area contributed by atoms with E-state index in [0.717, 1.165) is 43.9 Å². The highest BCUT2D eigenvalue weighted by Gasteiger charge is 2.23. The summed E-state index contributed by atoms with van der Waals surface area (Å²) in [5.41, 5.74) is 1.09. The SMILES string of the molecule is CC(C)Oc1ccc(CN(C)C2CCN(c3cccnn3)CC2)cc1O. The van der Waals surface area contributed by atoms with E-state index in [1.165, 1.54) is 0 Å². The predicted molar refractivity (Wildman–Crippen MR) is 103 cm³/mol. The maximum Gasteiger partial charge on any atom is 0.161 e. The van der Waals surface area contributed by atoms with E-state index in [1.807, 2.05) is 44.2 Å². The summed E-state index contributed by atoms with van der Waals surface area (Å²) in [5, 5.41) is 18.3. The van der Waals surface area contributed by atoms with Gasteiger partial charge in [0.25, 0.3) is 0 Å². The summed E-state index contributed by atoms with van der Waals surface area (Å²) in [6.07, 6.45) is 3.94. The summed E-state index contributed by atoms with van der Waals surface area (Å²) >= 11 is 0. The van der Waals surface area contributed by atoms with Crippen LogP contribution in [0.3, 0.4) is 0 Å². The van der Waals surface area contributed by atoms with Gasteiger partial charge in [-0.1, -0.05) is 6.07 Å². The van der Waals surface area contributed by atoms with Gasteiger partial charge in [-0.05, 0) is 63.6 Å². The van der Waals surface area contributed by atoms with E-state index in [4.69, 9.17) is 4.74 Å². The van der Waals surface area contributed by atoms with Crippen LogP contribution in [0.25, 0.3) is 0 Å². The first kappa shape index (κ1) is 18.5. The van der Waals surface area contributed by atoms with Crippen LogP contribution in [0.4, 0.5) is 5.82 Å². The third-order valence-electron chi connectivity index (χ3n) is 4.79. The van der Waals surface area contributed by atoms with E-state index < -0.39 is 0 Å². The van der Waals surface area contributed by atoms with Gasteiger partial charge in [-0.15, -0.1) is 5.10 Å². The van der Waals surface area contributed by atoms with Gasteiger partial charge in [0.15, 0.2) is 17.3 Å². The average molecular weight is 356 g/mol. The molecule has 2 heterocycles. The van der Waals surface area contributed by atoms with Crippen molar-refractivity contribution in [2.45, 2.75) is 45.4 Å². The van der Waals surface area contributed by atoms with Gasteiger partial charge in [-0.2, -0.15) is 5.10 Å². The number of hydrogen-bond acceptors (Lipinski definition) is 6. The summed E-state index contributed by atoms with van der Waals surface area (Å²) in [7, 11) is 2.15. The Hall–Kier alpha value is -2.34. The largest absolute Gasteiger partial charge is 0.504 e. The number of nitrogens with zero attached hydrogens (tertiary/aromatic N) is 4. The third-order valence-corrected chi connectivity index (χ3v) is 4.79. The maximum absolute atomic E-state index is 10.2. The molecule has 1 aromatic heterocycles. The lowest BCUT2D eigenvalue weighted by Crippen LogP contribution is -2.43. The molecule has 3 rings (SSSR count). The van der Waals surface area contributed by atoms with E-state index in [1.54, 1.807) is 6.20 Å². The number of rotatable bonds is 6. The summed E-state index contributed by atoms with van der Waals surface area (Å²) in [6.45, 7) is 6.69. The van der Waals surface area contributed by atoms with Crippen molar-refractivity contribution >= 4 is 5.82 Å². The molecule has 0 radical (unpaired) electrons. The molecular weight excluding hydrogens is 328 g/mol. The fourth-order valence-electron chi connectivity index (χ4n) is 3.43. The van der Waals surface area contributed by atoms with Crippen molar-refractivity contribution in [3.8, 4) is 11.5 Å². The molecule has 1 saturated heterocycles. The van der Waals surface area contributed by atoms with Crippen LogP contribution in [0.15, 0.2) is 36.5 Å². The molecule has 0 bridgehead atoms. The summed E-state index contributed by atoms with van der Waals surface area (Å²) in [5.74, 6) is 1.71. The van der Waals surface area contributed by atoms with E-state index >= 15 is 0 Å². The number of phenolic OH excluding ortho intramolecular Hbond substituents is 1. The lowest BCUT2D eigenvalue weighted by molar-refractivity contribution is 0.199. The molecule has 1 aliphatic heterocycles. The number of benzene rings is 1. The van der Waals surface area contributed by atoms with Gasteiger partial charge < -0.3 is 14.7 Å². The highest BCUT2D eigenvalue weighted by molar-refractivity contribution is 5.42. The van der Waals surface area contributed by atoms with E-state index in [9.17, 15) is 5.11 Å². The van der Waals surface area contributed by atoms with Gasteiger partial charge in [0, 0.05) is 31.9 Å². The molecule has 2 aromatic rings. The molecule has 1 aromatic carbocycles. The van der Waals surface area contributed by atoms with E-state index in [0.29, 0.717) is 11.8 Å². The first-order valence-corrected chi connectivity index (χ1v) is 9.24. The minimum Gasteiger partial charge on any atom is -0.504 e. The first-order valence-electron chi connectivity index (χ1n) is 9.24. The fraction of sp³-hybridized carbons (Fsp3) is 0.500. The Balaban J connectivity index is 1.54. The summed E-state index contributed by atoms with van der Waals surface area (Å²) < 4.78 is 5.59. The number of ether oxygens (including phenoxy) is 1. The van der Waals surface area contributed by atoms with Gasteiger partial charge in [0.05, 0.1) is 6.10 Å². The zero-order valence-electron chi connectivity index (χ0n) is 15.8. The van der Waals surface area contributed by atoms with Crippen molar-refractivity contribution < 1.29 is 9.84 Å². The standard InChI is InChI=1S/C20H28N4O2/c1-15(2)26-19-7-6-16(13-18(19)25)14-23(3)17-8-11-24(12-9-17)20-5-4-10-21-22-20/h4-7,10,13,15,17,25H,8-9,11-12,14H2,1-3H3. The van der Waals surface area contributed by atoms with Crippen molar-refractivity contribution in [2.75, 3.05) is 25.0 Å². The smallest absolute Gasteiger partial charge is 0.161 e. The molecule has 6 heteroatoms. The van der Waals surface area contributed by atoms with Crippen molar-refractivity contribution in [3.05, 3.63) is 42.1 Å². The minimum atomic E-state index is 0.0499. The molecule has 26 heavy (non-hydrogen) atoms. The van der Waals surface area contributed by atoms with Crippen molar-refractivity contribution in [1.29, 1.82) is 0 Å². The fourth-order valence-corrected chi connectivity index (χ4v) is 3.43. The Bertz CT molecular complexity index is 700. The predicted octanol–water partition coefficient (Wildman–Crippen LogP) is 3.07. The van der Waals surface area contributed by atoms with Crippen LogP contribution < -0.4 is 9.64 Å². The molecule has 0 atom stereocenters. The lowest BCUT2D eigenvalue weighted by atomic mass is 10.0. The Morgan fingerprint density at radius 1 is 1.27 bits per heavy atom. The zero-order valence-corrected chi connectivity index (χ0v) is 15.8. The number of piperidine rings is 1. The number of aromatic hydroxyl groups is 1. The van der Waals surface area contributed by atoms with E-state index in [2.05, 4.69) is 27.0 Å². The normalized spacial score (nSPS) is 15.7. The van der Waals surface area contributed by atoms with Crippen LogP contribution in [-0.2, 0) is 6.54 Å². The van der Waals surface area contributed by atoms with Crippen LogP contribution in [0, 0.1) is 0 Å². The van der Waals surface area contributed by atoms with E-state index in [-0.39, 0.29) is 11.9 Å². The van der Waals surface area contributed by atoms with Gasteiger partial charge in [-0.25, -0.2) is 0 Å². The second-order valence-corrected chi connectivity index (χ2v) is 7.18. The van der Waals surface area contributed by atoms with Crippen LogP contribution in [0.5, 0.6) is 11.5 Å². The molecule has 140 valence electrons. The Labute approximate surface area is 155 Å². The first-order chi connectivity index (χ1) is 12.5. The lowest BCUT2D eigenvalue weighted by Gasteiger charge is -2.37. The summed E-state index contributed by atoms with van der Waals surface area (Å²) in [6, 6.07) is 10.2. The number of anilines is 1. The van der Waals surface area contributed by atoms with Gasteiger partial charge in [0.1, 0.15) is 0 Å². The topological polar surface area (TPSA) is 61.7 Å². The molecule has 1 fully saturated rings. The monoisotopic (exact) mass is 356 g/mol. The zero-order chi connectivity index (χ0) is 18.5. The average Bonchev–Trinajstić information content (AvgIpc) is 2.64. The number of hydrogen-bond donors (Lipinski definition) is 1. The third kappa shape index (κ3) is 4.64. The van der Waals surface area contributed by atoms with Gasteiger partial charge in [0.2, 0.25) is 0 Å². The maximum atomic E-state index is 10.2. The number of aromatic nitrogens is 2. The Morgan fingerprint density at radius 2 is 2.04 bits per heavy atom. The molecule has 1 N–H and O–H groups in total. The summed E-state index contributed by atoms with van der Waals surface area (Å²) in [4.78, 5) is 4.66. The van der Waals surface area contributed by atoms with Crippen LogP contribution >= 0.6 is 0 Å². The second-order valence-electron chi connectivity index (χ2n) is 7.18. The van der Waals surface area contributed by atoms with Gasteiger partial charge >= 0.3 is 0 Å². The quantitative estimate of drug-likeness (QED) is 0.858. The van der Waals surface area contributed by atoms with Crippen LogP contribution in [0.2, 0.25) is 0 Å². The van der Waals surface area contributed by atoms with Crippen molar-refractivity contribution in [1.82, 2.24) is 15.1 Å². The molecule has 0 spiro atoms. The molecule has 0 amide bonds. The highest BCUT2D eigenvalue weighted by Crippen LogP contribution is 2.29. The highest BCUT2D eigenvalue weighted by atomic mass is 16.5. The molecule has 0 unspecified atom stereocenters. The molecule has 0 aliphatic carbocycles. The number of phenols is 1. The van der Waals surface area contributed by atoms with Gasteiger partial charge in [-0.3, -0.25) is 4.90 Å². The minimum absolute atomic E-state index is 0.0499. The Kier molecular flexibility index (Phi) is 5.93. The molecule has 6 nitrogen and oxygen atoms in total.